The van der Waals surface area contributed by atoms with E-state index in [0.717, 1.165) is 4.90 Å². The van der Waals surface area contributed by atoms with Crippen LogP contribution in [0.1, 0.15) is 31.9 Å². The van der Waals surface area contributed by atoms with E-state index in [-0.39, 0.29) is 17.9 Å². The Morgan fingerprint density at radius 1 is 1.19 bits per heavy atom. The predicted octanol–water partition coefficient (Wildman–Crippen LogP) is 4.09. The third kappa shape index (κ3) is 6.18. The summed E-state index contributed by atoms with van der Waals surface area (Å²) < 4.78 is 47.4. The van der Waals surface area contributed by atoms with Gasteiger partial charge in [0.05, 0.1) is 25.8 Å². The summed E-state index contributed by atoms with van der Waals surface area (Å²) in [6.45, 7) is 2.97. The van der Waals surface area contributed by atoms with Gasteiger partial charge in [0.25, 0.3) is 0 Å². The minimum absolute atomic E-state index is 0.0806. The summed E-state index contributed by atoms with van der Waals surface area (Å²) >= 11 is 0. The highest BCUT2D eigenvalue weighted by Crippen LogP contribution is 2.40. The molecule has 0 saturated heterocycles. The number of pyridine rings is 1. The quantitative estimate of drug-likeness (QED) is 0.600. The maximum Gasteiger partial charge on any atom is 0.408 e. The molecule has 2 N–H and O–H groups in total. The largest absolute Gasteiger partial charge is 0.481 e. The van der Waals surface area contributed by atoms with E-state index in [2.05, 4.69) is 4.98 Å². The Morgan fingerprint density at radius 3 is 2.23 bits per heavy atom. The fourth-order valence-electron chi connectivity index (χ4n) is 3.42. The number of benzene rings is 1. The SMILES string of the molecule is COc1ccc(-c2ccc([C@H](N(CC#N)[C@@H](CC(C)C)C(N)=O)C(F)(F)F)cc2)cn1. The predicted molar refractivity (Wildman–Crippen MR) is 110 cm³/mol. The van der Waals surface area contributed by atoms with E-state index in [1.165, 1.54) is 19.2 Å². The maximum absolute atomic E-state index is 14.1. The fraction of sp³-hybridized carbons (Fsp3) is 0.409. The lowest BCUT2D eigenvalue weighted by molar-refractivity contribution is -0.192. The minimum atomic E-state index is -4.72. The van der Waals surface area contributed by atoms with Gasteiger partial charge in [-0.15, -0.1) is 0 Å². The van der Waals surface area contributed by atoms with Crippen LogP contribution in [0, 0.1) is 17.2 Å². The van der Waals surface area contributed by atoms with E-state index >= 15 is 0 Å². The van der Waals surface area contributed by atoms with Crippen molar-refractivity contribution in [3.63, 3.8) is 0 Å². The van der Waals surface area contributed by atoms with Crippen molar-refractivity contribution in [2.24, 2.45) is 11.7 Å². The number of hydrogen-bond donors (Lipinski definition) is 1. The third-order valence-electron chi connectivity index (χ3n) is 4.82. The van der Waals surface area contributed by atoms with Crippen LogP contribution in [0.15, 0.2) is 42.6 Å². The van der Waals surface area contributed by atoms with Crippen LogP contribution in [0.4, 0.5) is 13.2 Å². The molecule has 1 amide bonds. The number of nitrogens with two attached hydrogens (primary N) is 1. The molecule has 0 aliphatic rings. The maximum atomic E-state index is 14.1. The van der Waals surface area contributed by atoms with Crippen molar-refractivity contribution in [3.05, 3.63) is 48.2 Å². The van der Waals surface area contributed by atoms with Crippen LogP contribution in [0.5, 0.6) is 5.88 Å². The molecule has 2 aromatic rings. The lowest BCUT2D eigenvalue weighted by atomic mass is 9.95. The summed E-state index contributed by atoms with van der Waals surface area (Å²) in [5.74, 6) is -0.552. The minimum Gasteiger partial charge on any atom is -0.481 e. The molecule has 0 saturated carbocycles. The van der Waals surface area contributed by atoms with Crippen LogP contribution in [0.3, 0.4) is 0 Å². The number of hydrogen-bond acceptors (Lipinski definition) is 5. The molecular weight excluding hydrogens is 409 g/mol. The van der Waals surface area contributed by atoms with Crippen molar-refractivity contribution in [3.8, 4) is 23.1 Å². The van der Waals surface area contributed by atoms with E-state index in [9.17, 15) is 23.2 Å². The van der Waals surface area contributed by atoms with Crippen LogP contribution in [-0.2, 0) is 4.79 Å². The van der Waals surface area contributed by atoms with Crippen LogP contribution >= 0.6 is 0 Å². The standard InChI is InChI=1S/C22H25F3N4O2/c1-14(2)12-18(21(27)30)29(11-10-26)20(22(23,24)25)16-6-4-15(5-7-16)17-8-9-19(31-3)28-13-17/h4-9,13-14,18,20H,11-12H2,1-3H3,(H2,27,30)/t18-,20-/m0/s1. The van der Waals surface area contributed by atoms with Crippen molar-refractivity contribution in [2.45, 2.75) is 38.5 Å². The van der Waals surface area contributed by atoms with Gasteiger partial charge in [0.2, 0.25) is 11.8 Å². The van der Waals surface area contributed by atoms with Crippen molar-refractivity contribution in [1.29, 1.82) is 5.26 Å². The lowest BCUT2D eigenvalue weighted by Gasteiger charge is -2.37. The monoisotopic (exact) mass is 434 g/mol. The zero-order valence-electron chi connectivity index (χ0n) is 17.6. The number of amides is 1. The van der Waals surface area contributed by atoms with E-state index in [1.54, 1.807) is 50.4 Å². The highest BCUT2D eigenvalue weighted by molar-refractivity contribution is 5.80. The second kappa shape index (κ2) is 10.3. The molecule has 0 radical (unpaired) electrons. The number of nitriles is 1. The average molecular weight is 434 g/mol. The van der Waals surface area contributed by atoms with Gasteiger partial charge in [0, 0.05) is 17.8 Å². The molecule has 0 spiro atoms. The molecule has 0 aliphatic heterocycles. The topological polar surface area (TPSA) is 92.2 Å². The first-order chi connectivity index (χ1) is 14.6. The lowest BCUT2D eigenvalue weighted by Crippen LogP contribution is -2.51. The van der Waals surface area contributed by atoms with Crippen LogP contribution < -0.4 is 10.5 Å². The van der Waals surface area contributed by atoms with Gasteiger partial charge >= 0.3 is 6.18 Å². The first-order valence-corrected chi connectivity index (χ1v) is 9.67. The molecule has 0 aliphatic carbocycles. The summed E-state index contributed by atoms with van der Waals surface area (Å²) in [7, 11) is 1.49. The number of rotatable bonds is 9. The van der Waals surface area contributed by atoms with Gasteiger partial charge in [-0.05, 0) is 29.5 Å². The third-order valence-corrected chi connectivity index (χ3v) is 4.82. The number of alkyl halides is 3. The molecule has 2 atom stereocenters. The van der Waals surface area contributed by atoms with Gasteiger partial charge in [0.15, 0.2) is 0 Å². The van der Waals surface area contributed by atoms with Gasteiger partial charge in [-0.25, -0.2) is 4.98 Å². The highest BCUT2D eigenvalue weighted by atomic mass is 19.4. The smallest absolute Gasteiger partial charge is 0.408 e. The Bertz CT molecular complexity index is 906. The van der Waals surface area contributed by atoms with Crippen LogP contribution in [0.2, 0.25) is 0 Å². The number of nitrogens with zero attached hydrogens (tertiary/aromatic N) is 3. The van der Waals surface area contributed by atoms with E-state index < -0.39 is 30.7 Å². The van der Waals surface area contributed by atoms with E-state index in [1.807, 2.05) is 0 Å². The van der Waals surface area contributed by atoms with E-state index in [4.69, 9.17) is 10.5 Å². The summed E-state index contributed by atoms with van der Waals surface area (Å²) in [4.78, 5) is 16.9. The van der Waals surface area contributed by atoms with Gasteiger partial charge in [0.1, 0.15) is 6.04 Å². The van der Waals surface area contributed by atoms with Crippen molar-refractivity contribution >= 4 is 5.91 Å². The van der Waals surface area contributed by atoms with Crippen molar-refractivity contribution in [2.75, 3.05) is 13.7 Å². The second-order valence-electron chi connectivity index (χ2n) is 7.53. The number of carbonyl (C=O) groups is 1. The molecule has 1 aromatic carbocycles. The van der Waals surface area contributed by atoms with Gasteiger partial charge in [-0.2, -0.15) is 18.4 Å². The molecule has 2 rings (SSSR count). The van der Waals surface area contributed by atoms with Gasteiger partial charge in [-0.3, -0.25) is 9.69 Å². The average Bonchev–Trinajstić information content (AvgIpc) is 2.71. The molecule has 166 valence electrons. The van der Waals surface area contributed by atoms with Crippen LogP contribution in [-0.4, -0.2) is 41.7 Å². The highest BCUT2D eigenvalue weighted by Gasteiger charge is 2.47. The molecule has 1 heterocycles. The molecule has 0 unspecified atom stereocenters. The first kappa shape index (κ1) is 24.2. The number of primary amides is 1. The molecule has 0 fully saturated rings. The molecule has 0 bridgehead atoms. The zero-order chi connectivity index (χ0) is 23.2. The van der Waals surface area contributed by atoms with Crippen molar-refractivity contribution < 1.29 is 22.7 Å². The molecule has 1 aromatic heterocycles. The van der Waals surface area contributed by atoms with E-state index in [0.29, 0.717) is 17.0 Å². The Hall–Kier alpha value is -3.12. The normalized spacial score (nSPS) is 13.6. The fourth-order valence-corrected chi connectivity index (χ4v) is 3.42. The Labute approximate surface area is 179 Å². The number of halogens is 3. The van der Waals surface area contributed by atoms with Gasteiger partial charge < -0.3 is 10.5 Å². The summed E-state index contributed by atoms with van der Waals surface area (Å²) in [6.07, 6.45) is -3.05. The number of methoxy groups -OCH3 is 1. The number of aromatic nitrogens is 1. The molecule has 9 heteroatoms. The van der Waals surface area contributed by atoms with Gasteiger partial charge in [-0.1, -0.05) is 38.1 Å². The first-order valence-electron chi connectivity index (χ1n) is 9.67. The summed E-state index contributed by atoms with van der Waals surface area (Å²) in [5.41, 5.74) is 6.72. The summed E-state index contributed by atoms with van der Waals surface area (Å²) in [6, 6.07) is 7.55. The second-order valence-corrected chi connectivity index (χ2v) is 7.53. The Kier molecular flexibility index (Phi) is 8.00. The zero-order valence-corrected chi connectivity index (χ0v) is 17.6. The number of carbonyl (C=O) groups excluding carboxylic acids is 1. The Balaban J connectivity index is 2.46. The number of ether oxygens (including phenoxy) is 1. The van der Waals surface area contributed by atoms with Crippen molar-refractivity contribution in [1.82, 2.24) is 9.88 Å². The molecular formula is C22H25F3N4O2. The van der Waals surface area contributed by atoms with Crippen LogP contribution in [0.25, 0.3) is 11.1 Å². The Morgan fingerprint density at radius 2 is 1.81 bits per heavy atom. The molecule has 6 nitrogen and oxygen atoms in total. The summed E-state index contributed by atoms with van der Waals surface area (Å²) in [5, 5.41) is 9.17. The molecule has 31 heavy (non-hydrogen) atoms.